The Labute approximate surface area is 130 Å². The zero-order valence-corrected chi connectivity index (χ0v) is 14.0. The molecule has 1 aliphatic carbocycles. The first kappa shape index (κ1) is 14.2. The number of thiophene rings is 1. The fourth-order valence-corrected chi connectivity index (χ4v) is 5.16. The van der Waals surface area contributed by atoms with Crippen molar-refractivity contribution >= 4 is 22.9 Å². The third-order valence-electron chi connectivity index (χ3n) is 4.26. The number of alkyl halides is 1. The first-order valence-electron chi connectivity index (χ1n) is 7.39. The Hall–Kier alpha value is -0.790. The lowest BCUT2D eigenvalue weighted by Gasteiger charge is -2.15. The third kappa shape index (κ3) is 2.54. The van der Waals surface area contributed by atoms with Gasteiger partial charge in [0.1, 0.15) is 0 Å². The summed E-state index contributed by atoms with van der Waals surface area (Å²) in [5, 5.41) is 0.00574. The van der Waals surface area contributed by atoms with Crippen molar-refractivity contribution in [2.75, 3.05) is 0 Å². The summed E-state index contributed by atoms with van der Waals surface area (Å²) in [4.78, 5) is 2.90. The molecule has 1 atom stereocenters. The molecule has 0 N–H and O–H groups in total. The molecule has 0 radical (unpaired) electrons. The lowest BCUT2D eigenvalue weighted by atomic mass is 9.95. The SMILES string of the molecule is Cc1cc(C)c(C(Cl)c2cc3c(s2)CCCC3)c(C)c1. The normalized spacial score (nSPS) is 16.0. The molecular weight excluding hydrogens is 284 g/mol. The summed E-state index contributed by atoms with van der Waals surface area (Å²) in [6.45, 7) is 6.51. The average molecular weight is 305 g/mol. The second kappa shape index (κ2) is 5.54. The van der Waals surface area contributed by atoms with Crippen molar-refractivity contribution < 1.29 is 0 Å². The van der Waals surface area contributed by atoms with E-state index in [4.69, 9.17) is 11.6 Å². The largest absolute Gasteiger partial charge is 0.143 e. The van der Waals surface area contributed by atoms with Crippen molar-refractivity contribution in [1.29, 1.82) is 0 Å². The molecule has 0 saturated carbocycles. The quantitative estimate of drug-likeness (QED) is 0.608. The summed E-state index contributed by atoms with van der Waals surface area (Å²) < 4.78 is 0. The summed E-state index contributed by atoms with van der Waals surface area (Å²) >= 11 is 8.75. The highest BCUT2D eigenvalue weighted by Gasteiger charge is 2.21. The van der Waals surface area contributed by atoms with Crippen LogP contribution in [0.4, 0.5) is 0 Å². The number of hydrogen-bond donors (Lipinski definition) is 0. The summed E-state index contributed by atoms with van der Waals surface area (Å²) in [6.07, 6.45) is 5.15. The van der Waals surface area contributed by atoms with Crippen LogP contribution in [0.25, 0.3) is 0 Å². The first-order chi connectivity index (χ1) is 9.56. The number of rotatable bonds is 2. The van der Waals surface area contributed by atoms with Gasteiger partial charge < -0.3 is 0 Å². The molecule has 0 fully saturated rings. The Morgan fingerprint density at radius 2 is 1.65 bits per heavy atom. The van der Waals surface area contributed by atoms with Crippen LogP contribution >= 0.6 is 22.9 Å². The van der Waals surface area contributed by atoms with Crippen molar-refractivity contribution in [3.8, 4) is 0 Å². The molecular formula is C18H21ClS. The van der Waals surface area contributed by atoms with Gasteiger partial charge in [-0.3, -0.25) is 0 Å². The van der Waals surface area contributed by atoms with Gasteiger partial charge in [-0.25, -0.2) is 0 Å². The molecule has 0 nitrogen and oxygen atoms in total. The van der Waals surface area contributed by atoms with Gasteiger partial charge in [0.05, 0.1) is 5.38 Å². The standard InChI is InChI=1S/C18H21ClS/c1-11-8-12(2)17(13(3)9-11)18(19)16-10-14-6-4-5-7-15(14)20-16/h8-10,18H,4-7H2,1-3H3. The predicted molar refractivity (Wildman–Crippen MR) is 89.3 cm³/mol. The second-order valence-electron chi connectivity index (χ2n) is 5.98. The average Bonchev–Trinajstić information content (AvgIpc) is 2.81. The van der Waals surface area contributed by atoms with Crippen LogP contribution in [0, 0.1) is 20.8 Å². The Balaban J connectivity index is 2.00. The molecule has 2 aromatic rings. The Bertz CT molecular complexity index is 592. The maximum atomic E-state index is 6.82. The number of halogens is 1. The minimum atomic E-state index is 0.00574. The van der Waals surface area contributed by atoms with E-state index >= 15 is 0 Å². The van der Waals surface area contributed by atoms with E-state index in [1.54, 1.807) is 10.4 Å². The maximum Gasteiger partial charge on any atom is 0.0933 e. The molecule has 1 heterocycles. The Kier molecular flexibility index (Phi) is 3.92. The highest BCUT2D eigenvalue weighted by atomic mass is 35.5. The van der Waals surface area contributed by atoms with Crippen molar-refractivity contribution in [2.45, 2.75) is 51.8 Å². The Morgan fingerprint density at radius 3 is 2.30 bits per heavy atom. The molecule has 1 aromatic carbocycles. The van der Waals surface area contributed by atoms with Crippen LogP contribution in [-0.2, 0) is 12.8 Å². The van der Waals surface area contributed by atoms with Gasteiger partial charge in [0.25, 0.3) is 0 Å². The fraction of sp³-hybridized carbons (Fsp3) is 0.444. The first-order valence-corrected chi connectivity index (χ1v) is 8.65. The van der Waals surface area contributed by atoms with Gasteiger partial charge in [0.15, 0.2) is 0 Å². The molecule has 0 bridgehead atoms. The minimum Gasteiger partial charge on any atom is -0.143 e. The number of hydrogen-bond acceptors (Lipinski definition) is 1. The molecule has 1 aromatic heterocycles. The highest BCUT2D eigenvalue weighted by molar-refractivity contribution is 7.12. The molecule has 0 aliphatic heterocycles. The highest BCUT2D eigenvalue weighted by Crippen LogP contribution is 2.40. The number of aryl methyl sites for hydroxylation is 5. The lowest BCUT2D eigenvalue weighted by Crippen LogP contribution is -1.99. The van der Waals surface area contributed by atoms with E-state index < -0.39 is 0 Å². The van der Waals surface area contributed by atoms with Gasteiger partial charge in [-0.05, 0) is 74.8 Å². The van der Waals surface area contributed by atoms with E-state index in [0.717, 1.165) is 0 Å². The summed E-state index contributed by atoms with van der Waals surface area (Å²) in [6, 6.07) is 6.84. The van der Waals surface area contributed by atoms with E-state index in [1.807, 2.05) is 11.3 Å². The van der Waals surface area contributed by atoms with Gasteiger partial charge in [-0.15, -0.1) is 22.9 Å². The van der Waals surface area contributed by atoms with E-state index in [9.17, 15) is 0 Å². The molecule has 0 saturated heterocycles. The fourth-order valence-electron chi connectivity index (χ4n) is 3.37. The monoisotopic (exact) mass is 304 g/mol. The van der Waals surface area contributed by atoms with Crippen LogP contribution < -0.4 is 0 Å². The van der Waals surface area contributed by atoms with Crippen LogP contribution in [-0.4, -0.2) is 0 Å². The summed E-state index contributed by atoms with van der Waals surface area (Å²) in [5.41, 5.74) is 6.79. The summed E-state index contributed by atoms with van der Waals surface area (Å²) in [7, 11) is 0. The van der Waals surface area contributed by atoms with Crippen molar-refractivity contribution in [3.63, 3.8) is 0 Å². The van der Waals surface area contributed by atoms with E-state index in [1.165, 1.54) is 52.8 Å². The van der Waals surface area contributed by atoms with Crippen LogP contribution in [0.2, 0.25) is 0 Å². The zero-order chi connectivity index (χ0) is 14.3. The van der Waals surface area contributed by atoms with Gasteiger partial charge in [-0.2, -0.15) is 0 Å². The molecule has 20 heavy (non-hydrogen) atoms. The molecule has 0 amide bonds. The van der Waals surface area contributed by atoms with Crippen molar-refractivity contribution in [2.24, 2.45) is 0 Å². The topological polar surface area (TPSA) is 0 Å². The molecule has 0 spiro atoms. The van der Waals surface area contributed by atoms with E-state index in [-0.39, 0.29) is 5.38 Å². The van der Waals surface area contributed by atoms with Crippen LogP contribution in [0.3, 0.4) is 0 Å². The second-order valence-corrected chi connectivity index (χ2v) is 7.58. The van der Waals surface area contributed by atoms with Gasteiger partial charge >= 0.3 is 0 Å². The van der Waals surface area contributed by atoms with Gasteiger partial charge in [-0.1, -0.05) is 17.7 Å². The van der Waals surface area contributed by atoms with Crippen LogP contribution in [0.1, 0.15) is 55.8 Å². The Morgan fingerprint density at radius 1 is 1.00 bits per heavy atom. The van der Waals surface area contributed by atoms with E-state index in [0.29, 0.717) is 0 Å². The van der Waals surface area contributed by atoms with Crippen molar-refractivity contribution in [3.05, 3.63) is 55.8 Å². The molecule has 1 unspecified atom stereocenters. The number of fused-ring (bicyclic) bond motifs is 1. The van der Waals surface area contributed by atoms with Crippen molar-refractivity contribution in [1.82, 2.24) is 0 Å². The minimum absolute atomic E-state index is 0.00574. The predicted octanol–water partition coefficient (Wildman–Crippen LogP) is 5.88. The summed E-state index contributed by atoms with van der Waals surface area (Å²) in [5.74, 6) is 0. The smallest absolute Gasteiger partial charge is 0.0933 e. The zero-order valence-electron chi connectivity index (χ0n) is 12.4. The molecule has 2 heteroatoms. The molecule has 3 rings (SSSR count). The van der Waals surface area contributed by atoms with Crippen LogP contribution in [0.5, 0.6) is 0 Å². The maximum absolute atomic E-state index is 6.82. The lowest BCUT2D eigenvalue weighted by molar-refractivity contribution is 0.697. The number of benzene rings is 1. The molecule has 106 valence electrons. The van der Waals surface area contributed by atoms with Gasteiger partial charge in [0, 0.05) is 9.75 Å². The van der Waals surface area contributed by atoms with Crippen LogP contribution in [0.15, 0.2) is 18.2 Å². The third-order valence-corrected chi connectivity index (χ3v) is 6.14. The van der Waals surface area contributed by atoms with Gasteiger partial charge in [0.2, 0.25) is 0 Å². The molecule has 1 aliphatic rings. The van der Waals surface area contributed by atoms with E-state index in [2.05, 4.69) is 39.0 Å².